The van der Waals surface area contributed by atoms with E-state index in [0.717, 1.165) is 19.5 Å². The van der Waals surface area contributed by atoms with Crippen LogP contribution in [0.4, 0.5) is 4.79 Å². The SMILES string of the molecule is N#Cc1cccc(CN2CCN(CC(O)CN3CCc4ccccc4C3)C2=O)n1. The lowest BCUT2D eigenvalue weighted by molar-refractivity contribution is 0.0812. The minimum atomic E-state index is -0.579. The number of carbonyl (C=O) groups is 1. The lowest BCUT2D eigenvalue weighted by Gasteiger charge is -2.31. The Hall–Kier alpha value is -2.95. The zero-order valence-electron chi connectivity index (χ0n) is 16.4. The maximum Gasteiger partial charge on any atom is 0.320 e. The number of hydrogen-bond donors (Lipinski definition) is 1. The molecule has 7 nitrogen and oxygen atoms in total. The van der Waals surface area contributed by atoms with E-state index in [-0.39, 0.29) is 6.03 Å². The molecule has 1 saturated heterocycles. The van der Waals surface area contributed by atoms with Crippen molar-refractivity contribution >= 4 is 6.03 Å². The van der Waals surface area contributed by atoms with Gasteiger partial charge in [-0.1, -0.05) is 30.3 Å². The van der Waals surface area contributed by atoms with E-state index in [2.05, 4.69) is 34.1 Å². The number of fused-ring (bicyclic) bond motifs is 1. The van der Waals surface area contributed by atoms with Crippen molar-refractivity contribution in [3.8, 4) is 6.07 Å². The van der Waals surface area contributed by atoms with Gasteiger partial charge in [-0.25, -0.2) is 9.78 Å². The van der Waals surface area contributed by atoms with Gasteiger partial charge in [-0.15, -0.1) is 0 Å². The van der Waals surface area contributed by atoms with E-state index in [1.54, 1.807) is 21.9 Å². The normalized spacial score (nSPS) is 17.9. The second kappa shape index (κ2) is 8.60. The maximum atomic E-state index is 12.7. The number of urea groups is 1. The number of aliphatic hydroxyl groups is 1. The summed E-state index contributed by atoms with van der Waals surface area (Å²) in [6.07, 6.45) is 0.415. The highest BCUT2D eigenvalue weighted by atomic mass is 16.3. The predicted molar refractivity (Wildman–Crippen MR) is 108 cm³/mol. The minimum Gasteiger partial charge on any atom is -0.390 e. The van der Waals surface area contributed by atoms with Crippen LogP contribution in [0.15, 0.2) is 42.5 Å². The van der Waals surface area contributed by atoms with Crippen molar-refractivity contribution < 1.29 is 9.90 Å². The second-order valence-electron chi connectivity index (χ2n) is 7.68. The Morgan fingerprint density at radius 1 is 1.03 bits per heavy atom. The van der Waals surface area contributed by atoms with E-state index < -0.39 is 6.10 Å². The van der Waals surface area contributed by atoms with Gasteiger partial charge in [0.2, 0.25) is 0 Å². The molecule has 1 atom stereocenters. The third-order valence-electron chi connectivity index (χ3n) is 5.56. The molecular weight excluding hydrogens is 366 g/mol. The molecule has 0 bridgehead atoms. The lowest BCUT2D eigenvalue weighted by Crippen LogP contribution is -2.43. The van der Waals surface area contributed by atoms with Gasteiger partial charge < -0.3 is 14.9 Å². The Kier molecular flexibility index (Phi) is 5.74. The highest BCUT2D eigenvalue weighted by Crippen LogP contribution is 2.19. The summed E-state index contributed by atoms with van der Waals surface area (Å²) in [4.78, 5) is 22.6. The van der Waals surface area contributed by atoms with Crippen LogP contribution in [-0.4, -0.2) is 69.6 Å². The molecule has 29 heavy (non-hydrogen) atoms. The third kappa shape index (κ3) is 4.56. The predicted octanol–water partition coefficient (Wildman–Crippen LogP) is 1.61. The average Bonchev–Trinajstić information content (AvgIpc) is 3.07. The average molecular weight is 391 g/mol. The van der Waals surface area contributed by atoms with E-state index in [1.807, 2.05) is 12.1 Å². The van der Waals surface area contributed by atoms with Crippen molar-refractivity contribution in [1.82, 2.24) is 19.7 Å². The highest BCUT2D eigenvalue weighted by molar-refractivity contribution is 5.76. The molecule has 2 aliphatic rings. The Morgan fingerprint density at radius 3 is 2.66 bits per heavy atom. The summed E-state index contributed by atoms with van der Waals surface area (Å²) in [6.45, 7) is 4.23. The van der Waals surface area contributed by atoms with Crippen molar-refractivity contribution in [2.45, 2.75) is 25.6 Å². The molecule has 2 aliphatic heterocycles. The molecular formula is C22H25N5O2. The van der Waals surface area contributed by atoms with Gasteiger partial charge in [0.05, 0.1) is 18.3 Å². The molecule has 2 aromatic rings. The first-order valence-corrected chi connectivity index (χ1v) is 9.99. The first-order chi connectivity index (χ1) is 14.1. The molecule has 150 valence electrons. The highest BCUT2D eigenvalue weighted by Gasteiger charge is 2.30. The van der Waals surface area contributed by atoms with Crippen LogP contribution < -0.4 is 0 Å². The van der Waals surface area contributed by atoms with Gasteiger partial charge in [-0.3, -0.25) is 4.90 Å². The molecule has 1 aromatic carbocycles. The van der Waals surface area contributed by atoms with Crippen molar-refractivity contribution in [3.05, 3.63) is 65.0 Å². The fourth-order valence-electron chi connectivity index (χ4n) is 4.09. The molecule has 1 fully saturated rings. The van der Waals surface area contributed by atoms with E-state index >= 15 is 0 Å². The monoisotopic (exact) mass is 391 g/mol. The van der Waals surface area contributed by atoms with Gasteiger partial charge in [0, 0.05) is 39.3 Å². The molecule has 3 heterocycles. The van der Waals surface area contributed by atoms with E-state index in [0.29, 0.717) is 44.1 Å². The summed E-state index contributed by atoms with van der Waals surface area (Å²) in [5, 5.41) is 19.5. The molecule has 0 spiro atoms. The third-order valence-corrected chi connectivity index (χ3v) is 5.56. The lowest BCUT2D eigenvalue weighted by atomic mass is 10.00. The van der Waals surface area contributed by atoms with Crippen LogP contribution in [0.2, 0.25) is 0 Å². The first-order valence-electron chi connectivity index (χ1n) is 9.99. The number of amides is 2. The van der Waals surface area contributed by atoms with Crippen LogP contribution in [0.25, 0.3) is 0 Å². The Balaban J connectivity index is 1.29. The number of nitriles is 1. The fourth-order valence-corrected chi connectivity index (χ4v) is 4.09. The van der Waals surface area contributed by atoms with Crippen molar-refractivity contribution in [2.75, 3.05) is 32.7 Å². The number of nitrogens with zero attached hydrogens (tertiary/aromatic N) is 5. The summed E-state index contributed by atoms with van der Waals surface area (Å²) < 4.78 is 0. The van der Waals surface area contributed by atoms with Crippen LogP contribution in [0, 0.1) is 11.3 Å². The fraction of sp³-hybridized carbons (Fsp3) is 0.409. The van der Waals surface area contributed by atoms with Crippen molar-refractivity contribution in [2.24, 2.45) is 0 Å². The molecule has 0 radical (unpaired) electrons. The molecule has 0 aliphatic carbocycles. The van der Waals surface area contributed by atoms with Gasteiger partial charge in [-0.05, 0) is 29.7 Å². The Labute approximate surface area is 170 Å². The number of aliphatic hydroxyl groups excluding tert-OH is 1. The quantitative estimate of drug-likeness (QED) is 0.809. The van der Waals surface area contributed by atoms with Gasteiger partial charge >= 0.3 is 6.03 Å². The van der Waals surface area contributed by atoms with Gasteiger partial charge in [0.1, 0.15) is 11.8 Å². The van der Waals surface area contributed by atoms with E-state index in [9.17, 15) is 9.90 Å². The number of rotatable bonds is 6. The zero-order chi connectivity index (χ0) is 20.2. The molecule has 7 heteroatoms. The zero-order valence-corrected chi connectivity index (χ0v) is 16.4. The Bertz CT molecular complexity index is 925. The number of hydrogen-bond acceptors (Lipinski definition) is 5. The molecule has 2 amide bonds. The van der Waals surface area contributed by atoms with Crippen LogP contribution >= 0.6 is 0 Å². The van der Waals surface area contributed by atoms with Crippen LogP contribution in [-0.2, 0) is 19.5 Å². The summed E-state index contributed by atoms with van der Waals surface area (Å²) >= 11 is 0. The maximum absolute atomic E-state index is 12.7. The molecule has 1 unspecified atom stereocenters. The Morgan fingerprint density at radius 2 is 1.83 bits per heavy atom. The summed E-state index contributed by atoms with van der Waals surface area (Å²) in [5.74, 6) is 0. The van der Waals surface area contributed by atoms with Crippen LogP contribution in [0.1, 0.15) is 22.5 Å². The molecule has 4 rings (SSSR count). The smallest absolute Gasteiger partial charge is 0.320 e. The number of pyridine rings is 1. The number of aromatic nitrogens is 1. The largest absolute Gasteiger partial charge is 0.390 e. The number of β-amino-alcohol motifs (C(OH)–C–C–N with tert-alkyl or cyclic N) is 1. The van der Waals surface area contributed by atoms with Crippen molar-refractivity contribution in [1.29, 1.82) is 5.26 Å². The van der Waals surface area contributed by atoms with Crippen LogP contribution in [0.3, 0.4) is 0 Å². The number of benzene rings is 1. The second-order valence-corrected chi connectivity index (χ2v) is 7.68. The molecule has 0 saturated carbocycles. The van der Waals surface area contributed by atoms with Gasteiger partial charge in [0.15, 0.2) is 0 Å². The summed E-state index contributed by atoms with van der Waals surface area (Å²) in [6, 6.07) is 15.6. The summed E-state index contributed by atoms with van der Waals surface area (Å²) in [5.41, 5.74) is 3.76. The van der Waals surface area contributed by atoms with E-state index in [1.165, 1.54) is 11.1 Å². The topological polar surface area (TPSA) is 83.7 Å². The summed E-state index contributed by atoms with van der Waals surface area (Å²) in [7, 11) is 0. The standard InChI is InChI=1S/C22H25N5O2/c23-12-19-6-3-7-20(24-19)14-26-10-11-27(22(26)29)16-21(28)15-25-9-8-17-4-1-2-5-18(17)13-25/h1-7,21,28H,8-11,13-16H2. The molecule has 1 N–H and O–H groups in total. The van der Waals surface area contributed by atoms with Gasteiger partial charge in [0.25, 0.3) is 0 Å². The van der Waals surface area contributed by atoms with Crippen molar-refractivity contribution in [3.63, 3.8) is 0 Å². The van der Waals surface area contributed by atoms with Gasteiger partial charge in [-0.2, -0.15) is 5.26 Å². The minimum absolute atomic E-state index is 0.0859. The van der Waals surface area contributed by atoms with E-state index in [4.69, 9.17) is 5.26 Å². The van der Waals surface area contributed by atoms with Crippen LogP contribution in [0.5, 0.6) is 0 Å². The molecule has 1 aromatic heterocycles. The number of carbonyl (C=O) groups excluding carboxylic acids is 1. The first kappa shape index (κ1) is 19.4.